The minimum absolute atomic E-state index is 0.111. The number of hydrogen-bond donors (Lipinski definition) is 2. The molecule has 0 aliphatic heterocycles. The molecule has 2 aromatic carbocycles. The highest BCUT2D eigenvalue weighted by Gasteiger charge is 2.06. The van der Waals surface area contributed by atoms with Crippen LogP contribution in [0.25, 0.3) is 0 Å². The van der Waals surface area contributed by atoms with E-state index < -0.39 is 0 Å². The van der Waals surface area contributed by atoms with Gasteiger partial charge in [-0.15, -0.1) is 0 Å². The summed E-state index contributed by atoms with van der Waals surface area (Å²) in [6.45, 7) is 6.56. The standard InChI is InChI=1S/C24H26N2O2/c1-3-5-7-13-21(4-2)23(27)25-17-19-11-10-12-20(16-19)18-26-24(28)22-14-8-6-9-15-22/h4-16H,2-3,17-18H2,1H3,(H,25,27)(H,26,28)/b7-5-,21-13+. The molecule has 2 amide bonds. The second kappa shape index (κ2) is 11.3. The highest BCUT2D eigenvalue weighted by atomic mass is 16.2. The first kappa shape index (κ1) is 20.9. The summed E-state index contributed by atoms with van der Waals surface area (Å²) in [4.78, 5) is 24.4. The number of amides is 2. The fourth-order valence-corrected chi connectivity index (χ4v) is 2.55. The van der Waals surface area contributed by atoms with Crippen molar-refractivity contribution in [1.29, 1.82) is 0 Å². The van der Waals surface area contributed by atoms with Gasteiger partial charge in [-0.2, -0.15) is 0 Å². The molecule has 2 rings (SSSR count). The number of allylic oxidation sites excluding steroid dienone is 3. The van der Waals surface area contributed by atoms with E-state index in [9.17, 15) is 9.59 Å². The molecule has 2 N–H and O–H groups in total. The molecule has 4 nitrogen and oxygen atoms in total. The average Bonchev–Trinajstić information content (AvgIpc) is 2.74. The van der Waals surface area contributed by atoms with Crippen molar-refractivity contribution in [2.45, 2.75) is 26.4 Å². The summed E-state index contributed by atoms with van der Waals surface area (Å²) in [5, 5.41) is 5.80. The largest absolute Gasteiger partial charge is 0.348 e. The summed E-state index contributed by atoms with van der Waals surface area (Å²) in [6.07, 6.45) is 8.04. The van der Waals surface area contributed by atoms with Crippen molar-refractivity contribution >= 4 is 11.8 Å². The van der Waals surface area contributed by atoms with Crippen molar-refractivity contribution in [3.05, 3.63) is 108 Å². The van der Waals surface area contributed by atoms with Gasteiger partial charge in [0.25, 0.3) is 11.8 Å². The van der Waals surface area contributed by atoms with Crippen LogP contribution in [-0.4, -0.2) is 11.8 Å². The van der Waals surface area contributed by atoms with Crippen LogP contribution in [0.3, 0.4) is 0 Å². The molecule has 0 aromatic heterocycles. The van der Waals surface area contributed by atoms with E-state index in [0.29, 0.717) is 24.2 Å². The van der Waals surface area contributed by atoms with Gasteiger partial charge in [0.15, 0.2) is 0 Å². The van der Waals surface area contributed by atoms with Gasteiger partial charge in [0, 0.05) is 24.2 Å². The van der Waals surface area contributed by atoms with Crippen LogP contribution in [0.2, 0.25) is 0 Å². The Kier molecular flexibility index (Phi) is 8.47. The van der Waals surface area contributed by atoms with Crippen molar-refractivity contribution in [2.75, 3.05) is 0 Å². The number of carbonyl (C=O) groups excluding carboxylic acids is 2. The van der Waals surface area contributed by atoms with Crippen LogP contribution >= 0.6 is 0 Å². The molecule has 0 heterocycles. The zero-order valence-corrected chi connectivity index (χ0v) is 16.2. The molecule has 4 heteroatoms. The summed E-state index contributed by atoms with van der Waals surface area (Å²) in [7, 11) is 0. The molecule has 0 unspecified atom stereocenters. The van der Waals surface area contributed by atoms with Gasteiger partial charge in [0.05, 0.1) is 0 Å². The Hall–Kier alpha value is -3.40. The van der Waals surface area contributed by atoms with E-state index in [-0.39, 0.29) is 11.8 Å². The quantitative estimate of drug-likeness (QED) is 0.507. The number of benzene rings is 2. The van der Waals surface area contributed by atoms with Gasteiger partial charge in [-0.25, -0.2) is 0 Å². The van der Waals surface area contributed by atoms with E-state index in [2.05, 4.69) is 17.2 Å². The normalized spacial score (nSPS) is 11.2. The lowest BCUT2D eigenvalue weighted by Crippen LogP contribution is -2.24. The lowest BCUT2D eigenvalue weighted by Gasteiger charge is -2.09. The molecule has 0 aliphatic carbocycles. The average molecular weight is 374 g/mol. The van der Waals surface area contributed by atoms with Crippen molar-refractivity contribution in [1.82, 2.24) is 10.6 Å². The van der Waals surface area contributed by atoms with Crippen LogP contribution in [0, 0.1) is 0 Å². The molecule has 0 atom stereocenters. The molecule has 0 fully saturated rings. The first-order chi connectivity index (χ1) is 13.6. The highest BCUT2D eigenvalue weighted by molar-refractivity contribution is 5.96. The van der Waals surface area contributed by atoms with Gasteiger partial charge >= 0.3 is 0 Å². The first-order valence-electron chi connectivity index (χ1n) is 9.32. The first-order valence-corrected chi connectivity index (χ1v) is 9.32. The second-order valence-electron chi connectivity index (χ2n) is 6.21. The molecule has 0 saturated heterocycles. The lowest BCUT2D eigenvalue weighted by atomic mass is 10.1. The number of hydrogen-bond acceptors (Lipinski definition) is 2. The van der Waals surface area contributed by atoms with Crippen molar-refractivity contribution in [2.24, 2.45) is 0 Å². The molecule has 0 saturated carbocycles. The van der Waals surface area contributed by atoms with Crippen LogP contribution in [0.4, 0.5) is 0 Å². The van der Waals surface area contributed by atoms with E-state index in [1.54, 1.807) is 24.3 Å². The molecule has 0 aliphatic rings. The summed E-state index contributed by atoms with van der Waals surface area (Å²) in [5.41, 5.74) is 3.09. The maximum atomic E-state index is 12.3. The molecule has 0 radical (unpaired) electrons. The van der Waals surface area contributed by atoms with E-state index in [0.717, 1.165) is 17.5 Å². The number of rotatable bonds is 9. The van der Waals surface area contributed by atoms with Crippen LogP contribution in [0.15, 0.2) is 91.1 Å². The molecule has 0 bridgehead atoms. The molecule has 28 heavy (non-hydrogen) atoms. The van der Waals surface area contributed by atoms with Gasteiger partial charge < -0.3 is 10.6 Å². The lowest BCUT2D eigenvalue weighted by molar-refractivity contribution is -0.117. The highest BCUT2D eigenvalue weighted by Crippen LogP contribution is 2.07. The zero-order valence-electron chi connectivity index (χ0n) is 16.2. The minimum atomic E-state index is -0.168. The van der Waals surface area contributed by atoms with Crippen LogP contribution in [-0.2, 0) is 17.9 Å². The maximum absolute atomic E-state index is 12.3. The fourth-order valence-electron chi connectivity index (χ4n) is 2.55. The summed E-state index contributed by atoms with van der Waals surface area (Å²) in [6, 6.07) is 16.9. The molecule has 2 aromatic rings. The minimum Gasteiger partial charge on any atom is -0.348 e. The SMILES string of the molecule is C=C/C(=C\C=C/CC)C(=O)NCc1cccc(CNC(=O)c2ccccc2)c1. The monoisotopic (exact) mass is 374 g/mol. The Morgan fingerprint density at radius 2 is 1.64 bits per heavy atom. The summed E-state index contributed by atoms with van der Waals surface area (Å²) in [5.74, 6) is -0.279. The molecular weight excluding hydrogens is 348 g/mol. The van der Waals surface area contributed by atoms with Crippen molar-refractivity contribution in [3.8, 4) is 0 Å². The Morgan fingerprint density at radius 1 is 0.964 bits per heavy atom. The fraction of sp³-hybridized carbons (Fsp3) is 0.167. The number of carbonyl (C=O) groups is 2. The Bertz CT molecular complexity index is 867. The predicted octanol–water partition coefficient (Wildman–Crippen LogP) is 4.31. The smallest absolute Gasteiger partial charge is 0.251 e. The van der Waals surface area contributed by atoms with Crippen LogP contribution < -0.4 is 10.6 Å². The van der Waals surface area contributed by atoms with Gasteiger partial charge in [0.2, 0.25) is 0 Å². The van der Waals surface area contributed by atoms with E-state index in [1.165, 1.54) is 0 Å². The Balaban J connectivity index is 1.91. The van der Waals surface area contributed by atoms with Crippen LogP contribution in [0.1, 0.15) is 34.8 Å². The van der Waals surface area contributed by atoms with Crippen molar-refractivity contribution < 1.29 is 9.59 Å². The Morgan fingerprint density at radius 3 is 2.29 bits per heavy atom. The Labute approximate surface area is 166 Å². The van der Waals surface area contributed by atoms with Gasteiger partial charge in [-0.05, 0) is 35.8 Å². The topological polar surface area (TPSA) is 58.2 Å². The summed E-state index contributed by atoms with van der Waals surface area (Å²) >= 11 is 0. The molecule has 0 spiro atoms. The van der Waals surface area contributed by atoms with Gasteiger partial charge in [0.1, 0.15) is 0 Å². The third-order valence-electron chi connectivity index (χ3n) is 4.06. The molecular formula is C24H26N2O2. The maximum Gasteiger partial charge on any atom is 0.251 e. The van der Waals surface area contributed by atoms with E-state index >= 15 is 0 Å². The summed E-state index contributed by atoms with van der Waals surface area (Å²) < 4.78 is 0. The third-order valence-corrected chi connectivity index (χ3v) is 4.06. The number of nitrogens with one attached hydrogen (secondary N) is 2. The molecule has 144 valence electrons. The van der Waals surface area contributed by atoms with E-state index in [4.69, 9.17) is 0 Å². The van der Waals surface area contributed by atoms with Crippen LogP contribution in [0.5, 0.6) is 0 Å². The predicted molar refractivity (Wildman–Crippen MR) is 114 cm³/mol. The van der Waals surface area contributed by atoms with Gasteiger partial charge in [-0.3, -0.25) is 9.59 Å². The zero-order chi connectivity index (χ0) is 20.2. The van der Waals surface area contributed by atoms with Gasteiger partial charge in [-0.1, -0.05) is 74.2 Å². The third kappa shape index (κ3) is 6.72. The van der Waals surface area contributed by atoms with Crippen molar-refractivity contribution in [3.63, 3.8) is 0 Å². The van der Waals surface area contributed by atoms with E-state index in [1.807, 2.05) is 61.5 Å². The second-order valence-corrected chi connectivity index (χ2v) is 6.21.